The smallest absolute Gasteiger partial charge is 0.233 e. The number of hydrogen-bond donors (Lipinski definition) is 1. The Morgan fingerprint density at radius 1 is 1.24 bits per heavy atom. The molecule has 2 atom stereocenters. The molecule has 17 heavy (non-hydrogen) atoms. The molecule has 2 unspecified atom stereocenters. The minimum Gasteiger partial charge on any atom is -0.330 e. The number of nitrogens with zero attached hydrogens (tertiary/aromatic N) is 1. The van der Waals surface area contributed by atoms with E-state index in [9.17, 15) is 9.59 Å². The molecular weight excluding hydrogens is 216 g/mol. The number of carbonyl (C=O) groups excluding carboxylic acids is 2. The Morgan fingerprint density at radius 3 is 2.18 bits per heavy atom. The summed E-state index contributed by atoms with van der Waals surface area (Å²) in [6, 6.07) is 0. The maximum atomic E-state index is 12.2. The van der Waals surface area contributed by atoms with Crippen LogP contribution in [0.4, 0.5) is 0 Å². The summed E-state index contributed by atoms with van der Waals surface area (Å²) in [5, 5.41) is 0. The van der Waals surface area contributed by atoms with Crippen molar-refractivity contribution in [2.75, 3.05) is 13.1 Å². The van der Waals surface area contributed by atoms with Gasteiger partial charge in [-0.3, -0.25) is 14.5 Å². The first-order valence-corrected chi connectivity index (χ1v) is 6.48. The van der Waals surface area contributed by atoms with Crippen molar-refractivity contribution in [1.29, 1.82) is 0 Å². The van der Waals surface area contributed by atoms with Gasteiger partial charge in [-0.1, -0.05) is 13.8 Å². The fourth-order valence-electron chi connectivity index (χ4n) is 3.47. The second kappa shape index (κ2) is 3.10. The van der Waals surface area contributed by atoms with Crippen molar-refractivity contribution in [2.24, 2.45) is 28.4 Å². The Balaban J connectivity index is 1.71. The summed E-state index contributed by atoms with van der Waals surface area (Å²) in [5.41, 5.74) is 5.67. The number of imide groups is 1. The van der Waals surface area contributed by atoms with Crippen LogP contribution in [-0.4, -0.2) is 29.8 Å². The van der Waals surface area contributed by atoms with Gasteiger partial charge in [-0.2, -0.15) is 0 Å². The quantitative estimate of drug-likeness (QED) is 0.733. The lowest BCUT2D eigenvalue weighted by Crippen LogP contribution is -2.40. The van der Waals surface area contributed by atoms with Gasteiger partial charge in [0.15, 0.2) is 0 Å². The van der Waals surface area contributed by atoms with Crippen LogP contribution in [0.1, 0.15) is 33.1 Å². The Hall–Kier alpha value is -0.900. The van der Waals surface area contributed by atoms with E-state index < -0.39 is 0 Å². The predicted octanol–water partition coefficient (Wildman–Crippen LogP) is 0.756. The van der Waals surface area contributed by atoms with Crippen LogP contribution in [0.5, 0.6) is 0 Å². The largest absolute Gasteiger partial charge is 0.330 e. The molecule has 2 amide bonds. The van der Waals surface area contributed by atoms with E-state index in [-0.39, 0.29) is 34.5 Å². The van der Waals surface area contributed by atoms with E-state index in [0.29, 0.717) is 13.1 Å². The summed E-state index contributed by atoms with van der Waals surface area (Å²) in [6.07, 6.45) is 3.16. The molecule has 3 rings (SSSR count). The molecular formula is C13H20N2O2. The first kappa shape index (κ1) is 11.2. The number of hydrogen-bond acceptors (Lipinski definition) is 3. The van der Waals surface area contributed by atoms with Gasteiger partial charge in [-0.05, 0) is 36.6 Å². The lowest BCUT2D eigenvalue weighted by molar-refractivity contribution is -0.144. The number of likely N-dealkylation sites (tertiary alicyclic amines) is 1. The highest BCUT2D eigenvalue weighted by Crippen LogP contribution is 2.64. The first-order chi connectivity index (χ1) is 7.93. The minimum absolute atomic E-state index is 0.0383. The van der Waals surface area contributed by atoms with Gasteiger partial charge in [0.05, 0.1) is 11.8 Å². The number of nitrogens with two attached hydrogens (primary N) is 1. The Labute approximate surface area is 102 Å². The van der Waals surface area contributed by atoms with Crippen molar-refractivity contribution in [3.63, 3.8) is 0 Å². The van der Waals surface area contributed by atoms with E-state index in [1.54, 1.807) is 0 Å². The average molecular weight is 236 g/mol. The molecule has 0 aromatic rings. The molecule has 2 saturated carbocycles. The highest BCUT2D eigenvalue weighted by molar-refractivity contribution is 6.10. The van der Waals surface area contributed by atoms with Gasteiger partial charge < -0.3 is 5.73 Å². The summed E-state index contributed by atoms with van der Waals surface area (Å²) in [7, 11) is 0. The standard InChI is InChI=1S/C13H20N2O2/c1-12(2)8-9(12)11(17)15(10(8)16)7-13(3-4-13)5-6-14/h8-9H,3-7,14H2,1-2H3. The monoisotopic (exact) mass is 236 g/mol. The molecule has 2 aliphatic carbocycles. The highest BCUT2D eigenvalue weighted by Gasteiger charge is 2.72. The molecule has 2 N–H and O–H groups in total. The van der Waals surface area contributed by atoms with Crippen molar-refractivity contribution >= 4 is 11.8 Å². The van der Waals surface area contributed by atoms with Crippen LogP contribution in [-0.2, 0) is 9.59 Å². The van der Waals surface area contributed by atoms with Gasteiger partial charge in [0, 0.05) is 6.54 Å². The van der Waals surface area contributed by atoms with Gasteiger partial charge in [0.25, 0.3) is 0 Å². The van der Waals surface area contributed by atoms with Crippen LogP contribution in [0.2, 0.25) is 0 Å². The SMILES string of the molecule is CC1(C)C2C(=O)N(CC3(CCN)CC3)C(=O)C21. The van der Waals surface area contributed by atoms with Gasteiger partial charge in [-0.15, -0.1) is 0 Å². The molecule has 0 radical (unpaired) electrons. The zero-order chi connectivity index (χ0) is 12.4. The molecule has 0 spiro atoms. The molecule has 94 valence electrons. The summed E-state index contributed by atoms with van der Waals surface area (Å²) >= 11 is 0. The molecule has 1 saturated heterocycles. The van der Waals surface area contributed by atoms with E-state index in [4.69, 9.17) is 5.73 Å². The summed E-state index contributed by atoms with van der Waals surface area (Å²) in [5.74, 6) is 0.0499. The molecule has 0 bridgehead atoms. The van der Waals surface area contributed by atoms with E-state index in [2.05, 4.69) is 0 Å². The van der Waals surface area contributed by atoms with Gasteiger partial charge >= 0.3 is 0 Å². The lowest BCUT2D eigenvalue weighted by atomic mass is 10.00. The normalized spacial score (nSPS) is 36.1. The maximum absolute atomic E-state index is 12.2. The molecule has 0 aromatic carbocycles. The lowest BCUT2D eigenvalue weighted by Gasteiger charge is -2.25. The summed E-state index contributed by atoms with van der Waals surface area (Å²) in [6.45, 7) is 5.30. The third-order valence-electron chi connectivity index (χ3n) is 5.02. The van der Waals surface area contributed by atoms with Crippen LogP contribution in [0.25, 0.3) is 0 Å². The van der Waals surface area contributed by atoms with E-state index in [0.717, 1.165) is 19.3 Å². The van der Waals surface area contributed by atoms with Crippen LogP contribution >= 0.6 is 0 Å². The number of carbonyl (C=O) groups is 2. The van der Waals surface area contributed by atoms with Crippen LogP contribution in [0.15, 0.2) is 0 Å². The second-order valence-electron chi connectivity index (χ2n) is 6.58. The Morgan fingerprint density at radius 2 is 1.76 bits per heavy atom. The highest BCUT2D eigenvalue weighted by atomic mass is 16.2. The third-order valence-corrected chi connectivity index (χ3v) is 5.02. The number of fused-ring (bicyclic) bond motifs is 1. The fourth-order valence-corrected chi connectivity index (χ4v) is 3.47. The molecule has 1 heterocycles. The predicted molar refractivity (Wildman–Crippen MR) is 62.8 cm³/mol. The number of piperidine rings is 1. The van der Waals surface area contributed by atoms with Gasteiger partial charge in [0.2, 0.25) is 11.8 Å². The zero-order valence-corrected chi connectivity index (χ0v) is 10.5. The Kier molecular flexibility index (Phi) is 2.05. The fraction of sp³-hybridized carbons (Fsp3) is 0.846. The second-order valence-corrected chi connectivity index (χ2v) is 6.58. The van der Waals surface area contributed by atoms with Crippen LogP contribution < -0.4 is 5.73 Å². The maximum Gasteiger partial charge on any atom is 0.233 e. The molecule has 4 nitrogen and oxygen atoms in total. The first-order valence-electron chi connectivity index (χ1n) is 6.48. The zero-order valence-electron chi connectivity index (χ0n) is 10.5. The molecule has 3 aliphatic rings. The number of amides is 2. The van der Waals surface area contributed by atoms with Crippen molar-refractivity contribution in [3.05, 3.63) is 0 Å². The topological polar surface area (TPSA) is 63.4 Å². The summed E-state index contributed by atoms with van der Waals surface area (Å²) < 4.78 is 0. The van der Waals surface area contributed by atoms with Crippen molar-refractivity contribution in [2.45, 2.75) is 33.1 Å². The average Bonchev–Trinajstić information content (AvgIpc) is 3.08. The third kappa shape index (κ3) is 1.39. The van der Waals surface area contributed by atoms with Crippen molar-refractivity contribution in [3.8, 4) is 0 Å². The molecule has 3 fully saturated rings. The molecule has 0 aromatic heterocycles. The van der Waals surface area contributed by atoms with E-state index in [1.807, 2.05) is 13.8 Å². The van der Waals surface area contributed by atoms with E-state index in [1.165, 1.54) is 4.90 Å². The summed E-state index contributed by atoms with van der Waals surface area (Å²) in [4.78, 5) is 25.8. The van der Waals surface area contributed by atoms with Crippen LogP contribution in [0.3, 0.4) is 0 Å². The van der Waals surface area contributed by atoms with Gasteiger partial charge in [0.1, 0.15) is 0 Å². The minimum atomic E-state index is -0.0880. The van der Waals surface area contributed by atoms with Crippen LogP contribution in [0, 0.1) is 22.7 Å². The Bertz CT molecular complexity index is 374. The molecule has 1 aliphatic heterocycles. The van der Waals surface area contributed by atoms with E-state index >= 15 is 0 Å². The van der Waals surface area contributed by atoms with Crippen molar-refractivity contribution < 1.29 is 9.59 Å². The van der Waals surface area contributed by atoms with Gasteiger partial charge in [-0.25, -0.2) is 0 Å². The van der Waals surface area contributed by atoms with Crippen molar-refractivity contribution in [1.82, 2.24) is 4.90 Å². The number of rotatable bonds is 4. The molecule has 4 heteroatoms.